The van der Waals surface area contributed by atoms with E-state index >= 15 is 0 Å². The van der Waals surface area contributed by atoms with E-state index in [-0.39, 0.29) is 11.3 Å². The predicted molar refractivity (Wildman–Crippen MR) is 117 cm³/mol. The molecule has 2 aromatic carbocycles. The second-order valence-electron chi connectivity index (χ2n) is 6.84. The van der Waals surface area contributed by atoms with Crippen molar-refractivity contribution in [1.29, 1.82) is 0 Å². The zero-order chi connectivity index (χ0) is 21.4. The van der Waals surface area contributed by atoms with E-state index in [9.17, 15) is 14.7 Å². The highest BCUT2D eigenvalue weighted by molar-refractivity contribution is 6.52. The molecule has 0 aliphatic carbocycles. The van der Waals surface area contributed by atoms with Gasteiger partial charge >= 0.3 is 0 Å². The molecule has 0 spiro atoms. The number of carbonyl (C=O) groups excluding carboxylic acids is 2. The zero-order valence-corrected chi connectivity index (χ0v) is 17.4. The molecule has 0 radical (unpaired) electrons. The average Bonchev–Trinajstić information content (AvgIpc) is 3.01. The number of aliphatic hydroxyl groups is 1. The maximum atomic E-state index is 13.1. The van der Waals surface area contributed by atoms with Gasteiger partial charge in [-0.1, -0.05) is 29.3 Å². The van der Waals surface area contributed by atoms with Crippen molar-refractivity contribution in [2.75, 3.05) is 4.90 Å². The first-order chi connectivity index (χ1) is 14.4. The highest BCUT2D eigenvalue weighted by Crippen LogP contribution is 2.43. The Hall–Kier alpha value is -3.15. The third-order valence-corrected chi connectivity index (χ3v) is 5.74. The van der Waals surface area contributed by atoms with Gasteiger partial charge < -0.3 is 5.11 Å². The van der Waals surface area contributed by atoms with Crippen molar-refractivity contribution in [2.24, 2.45) is 0 Å². The lowest BCUT2D eigenvalue weighted by molar-refractivity contribution is -0.132. The largest absolute Gasteiger partial charge is 0.507 e. The van der Waals surface area contributed by atoms with Crippen molar-refractivity contribution >= 4 is 46.3 Å². The lowest BCUT2D eigenvalue weighted by atomic mass is 9.95. The van der Waals surface area contributed by atoms with E-state index in [0.717, 1.165) is 0 Å². The number of ketones is 1. The van der Waals surface area contributed by atoms with Crippen LogP contribution in [-0.4, -0.2) is 21.8 Å². The van der Waals surface area contributed by atoms with Crippen molar-refractivity contribution in [3.8, 4) is 0 Å². The zero-order valence-electron chi connectivity index (χ0n) is 15.8. The van der Waals surface area contributed by atoms with Gasteiger partial charge in [-0.25, -0.2) is 0 Å². The summed E-state index contributed by atoms with van der Waals surface area (Å²) in [4.78, 5) is 31.6. The van der Waals surface area contributed by atoms with Gasteiger partial charge in [0.15, 0.2) is 0 Å². The molecule has 3 aromatic rings. The van der Waals surface area contributed by atoms with Crippen LogP contribution in [0.15, 0.2) is 72.6 Å². The Labute approximate surface area is 183 Å². The summed E-state index contributed by atoms with van der Waals surface area (Å²) in [6.07, 6.45) is 3.14. The lowest BCUT2D eigenvalue weighted by Crippen LogP contribution is -2.30. The number of anilines is 1. The highest BCUT2D eigenvalue weighted by atomic mass is 35.5. The minimum atomic E-state index is -0.833. The van der Waals surface area contributed by atoms with Gasteiger partial charge in [-0.05, 0) is 66.6 Å². The Kier molecular flexibility index (Phi) is 5.33. The molecule has 7 heteroatoms. The molecule has 0 saturated carbocycles. The van der Waals surface area contributed by atoms with Crippen molar-refractivity contribution < 1.29 is 14.7 Å². The van der Waals surface area contributed by atoms with E-state index in [1.807, 2.05) is 0 Å². The van der Waals surface area contributed by atoms with Crippen molar-refractivity contribution in [3.05, 3.63) is 99.3 Å². The van der Waals surface area contributed by atoms with Crippen molar-refractivity contribution in [1.82, 2.24) is 4.98 Å². The molecule has 1 N–H and O–H groups in total. The number of nitrogens with zero attached hydrogens (tertiary/aromatic N) is 2. The molecule has 0 bridgehead atoms. The number of benzene rings is 2. The van der Waals surface area contributed by atoms with Gasteiger partial charge in [0.25, 0.3) is 11.7 Å². The van der Waals surface area contributed by atoms with Crippen molar-refractivity contribution in [3.63, 3.8) is 0 Å². The molecule has 1 atom stereocenters. The van der Waals surface area contributed by atoms with E-state index in [4.69, 9.17) is 23.2 Å². The number of pyridine rings is 1. The summed E-state index contributed by atoms with van der Waals surface area (Å²) in [5.41, 5.74) is 2.18. The summed E-state index contributed by atoms with van der Waals surface area (Å²) >= 11 is 12.2. The predicted octanol–water partition coefficient (Wildman–Crippen LogP) is 5.32. The molecule has 150 valence electrons. The van der Waals surface area contributed by atoms with E-state index in [2.05, 4.69) is 4.98 Å². The Morgan fingerprint density at radius 3 is 2.33 bits per heavy atom. The molecular formula is C23H16Cl2N2O3. The Morgan fingerprint density at radius 2 is 1.67 bits per heavy atom. The molecule has 1 aliphatic heterocycles. The van der Waals surface area contributed by atoms with E-state index in [1.165, 1.54) is 4.90 Å². The SMILES string of the molecule is Cc1c(Cl)cccc1N1C(=O)C(=O)/C(=C(/O)c2ccc(Cl)cc2)C1c1ccncc1. The second kappa shape index (κ2) is 7.94. The van der Waals surface area contributed by atoms with Crippen LogP contribution in [0.25, 0.3) is 5.76 Å². The average molecular weight is 439 g/mol. The van der Waals surface area contributed by atoms with Crippen LogP contribution >= 0.6 is 23.2 Å². The number of hydrogen-bond donors (Lipinski definition) is 1. The smallest absolute Gasteiger partial charge is 0.300 e. The van der Waals surface area contributed by atoms with Crippen LogP contribution in [0.1, 0.15) is 22.7 Å². The number of carbonyl (C=O) groups is 2. The van der Waals surface area contributed by atoms with Gasteiger partial charge in [0, 0.05) is 33.7 Å². The number of halogens is 2. The summed E-state index contributed by atoms with van der Waals surface area (Å²) in [5, 5.41) is 12.0. The van der Waals surface area contributed by atoms with Crippen LogP contribution in [0.3, 0.4) is 0 Å². The number of aromatic nitrogens is 1. The molecule has 5 nitrogen and oxygen atoms in total. The molecule has 1 saturated heterocycles. The fourth-order valence-electron chi connectivity index (χ4n) is 3.56. The van der Waals surface area contributed by atoms with Gasteiger partial charge in [0.1, 0.15) is 5.76 Å². The molecular weight excluding hydrogens is 423 g/mol. The van der Waals surface area contributed by atoms with E-state index < -0.39 is 17.7 Å². The fourth-order valence-corrected chi connectivity index (χ4v) is 3.86. The summed E-state index contributed by atoms with van der Waals surface area (Å²) < 4.78 is 0. The van der Waals surface area contributed by atoms with Gasteiger partial charge in [0.05, 0.1) is 11.6 Å². The van der Waals surface area contributed by atoms with Crippen LogP contribution in [0.2, 0.25) is 10.0 Å². The third kappa shape index (κ3) is 3.36. The minimum Gasteiger partial charge on any atom is -0.507 e. The van der Waals surface area contributed by atoms with Gasteiger partial charge in [-0.15, -0.1) is 0 Å². The number of rotatable bonds is 3. The van der Waals surface area contributed by atoms with Crippen LogP contribution in [0.4, 0.5) is 5.69 Å². The summed E-state index contributed by atoms with van der Waals surface area (Å²) in [5.74, 6) is -1.78. The normalized spacial score (nSPS) is 18.1. The summed E-state index contributed by atoms with van der Waals surface area (Å²) in [6, 6.07) is 14.1. The number of hydrogen-bond acceptors (Lipinski definition) is 4. The van der Waals surface area contributed by atoms with E-state index in [1.54, 1.807) is 73.9 Å². The molecule has 1 amide bonds. The van der Waals surface area contributed by atoms with Crippen LogP contribution in [-0.2, 0) is 9.59 Å². The Bertz CT molecular complexity index is 1170. The molecule has 4 rings (SSSR count). The first-order valence-corrected chi connectivity index (χ1v) is 9.87. The number of Topliss-reactive ketones (excluding diaryl/α,β-unsaturated/α-hetero) is 1. The van der Waals surface area contributed by atoms with Crippen LogP contribution in [0, 0.1) is 6.92 Å². The fraction of sp³-hybridized carbons (Fsp3) is 0.0870. The lowest BCUT2D eigenvalue weighted by Gasteiger charge is -2.27. The summed E-state index contributed by atoms with van der Waals surface area (Å²) in [7, 11) is 0. The quantitative estimate of drug-likeness (QED) is 0.341. The topological polar surface area (TPSA) is 70.5 Å². The van der Waals surface area contributed by atoms with Gasteiger partial charge in [-0.2, -0.15) is 0 Å². The first kappa shape index (κ1) is 20.1. The first-order valence-electron chi connectivity index (χ1n) is 9.12. The Morgan fingerprint density at radius 1 is 1.00 bits per heavy atom. The van der Waals surface area contributed by atoms with Crippen LogP contribution < -0.4 is 4.90 Å². The molecule has 30 heavy (non-hydrogen) atoms. The molecule has 1 aromatic heterocycles. The molecule has 2 heterocycles. The second-order valence-corrected chi connectivity index (χ2v) is 7.68. The monoisotopic (exact) mass is 438 g/mol. The molecule has 1 unspecified atom stereocenters. The van der Waals surface area contributed by atoms with E-state index in [0.29, 0.717) is 32.4 Å². The maximum Gasteiger partial charge on any atom is 0.300 e. The Balaban J connectivity index is 1.97. The van der Waals surface area contributed by atoms with Crippen LogP contribution in [0.5, 0.6) is 0 Å². The molecule has 1 fully saturated rings. The third-order valence-electron chi connectivity index (χ3n) is 5.08. The summed E-state index contributed by atoms with van der Waals surface area (Å²) in [6.45, 7) is 1.78. The molecule has 1 aliphatic rings. The number of aliphatic hydroxyl groups excluding tert-OH is 1. The standard InChI is InChI=1S/C23H16Cl2N2O3/c1-13-17(25)3-2-4-18(13)27-20(14-9-11-26-12-10-14)19(22(29)23(27)30)21(28)15-5-7-16(24)8-6-15/h2-12,20,28H,1H3/b21-19+. The minimum absolute atomic E-state index is 0.00658. The maximum absolute atomic E-state index is 13.1. The van der Waals surface area contributed by atoms with Crippen molar-refractivity contribution in [2.45, 2.75) is 13.0 Å². The highest BCUT2D eigenvalue weighted by Gasteiger charge is 2.47. The van der Waals surface area contributed by atoms with Gasteiger partial charge in [-0.3, -0.25) is 19.5 Å². The number of amides is 1. The van der Waals surface area contributed by atoms with Gasteiger partial charge in [0.2, 0.25) is 0 Å².